The van der Waals surface area contributed by atoms with Crippen molar-refractivity contribution >= 4 is 27.7 Å². The maximum absolute atomic E-state index is 14.4. The van der Waals surface area contributed by atoms with Gasteiger partial charge in [-0.05, 0) is 67.9 Å². The Bertz CT molecular complexity index is 1900. The highest BCUT2D eigenvalue weighted by Gasteiger charge is 2.36. The Kier molecular flexibility index (Phi) is 8.64. The summed E-state index contributed by atoms with van der Waals surface area (Å²) in [6, 6.07) is 13.6. The standard InChI is InChI=1S/C35H41N7O4S/c1-22-10-7-11-23(2)32(22)28-17-31-39-34(38-28)40-47(44,45)27-15-8-12-24(16-27)33(43)42(29(21-46-31)35(3,4)5)20-25-18-36-19-30(37-25)41(6)26-13-9-14-26/h7-8,10-12,15-19,26,29H,9,13-14,20-21H2,1-6H3,(H,38,39,40)/t29-/m0/s1. The van der Waals surface area contributed by atoms with Crippen LogP contribution in [0.15, 0.2) is 65.8 Å². The fraction of sp³-hybridized carbons (Fsp3) is 0.400. The number of carbonyl (C=O) groups is 1. The monoisotopic (exact) mass is 655 g/mol. The van der Waals surface area contributed by atoms with Crippen molar-refractivity contribution in [3.63, 3.8) is 0 Å². The van der Waals surface area contributed by atoms with Crippen LogP contribution in [-0.4, -0.2) is 64.9 Å². The summed E-state index contributed by atoms with van der Waals surface area (Å²) in [5.74, 6) is 0.467. The van der Waals surface area contributed by atoms with E-state index in [-0.39, 0.29) is 41.3 Å². The molecule has 11 nitrogen and oxygen atoms in total. The number of carbonyl (C=O) groups excluding carboxylic acids is 1. The van der Waals surface area contributed by atoms with Gasteiger partial charge in [0.15, 0.2) is 0 Å². The summed E-state index contributed by atoms with van der Waals surface area (Å²) in [5, 5.41) is 0. The number of amides is 1. The molecule has 0 unspecified atom stereocenters. The van der Waals surface area contributed by atoms with Crippen molar-refractivity contribution in [2.45, 2.75) is 77.4 Å². The number of hydrogen-bond donors (Lipinski definition) is 1. The Morgan fingerprint density at radius 2 is 1.72 bits per heavy atom. The van der Waals surface area contributed by atoms with Crippen LogP contribution in [0.5, 0.6) is 5.88 Å². The molecule has 12 heteroatoms. The van der Waals surface area contributed by atoms with E-state index in [0.717, 1.165) is 35.3 Å². The number of sulfonamides is 1. The average Bonchev–Trinajstić information content (AvgIpc) is 2.98. The second-order valence-electron chi connectivity index (χ2n) is 13.5. The molecule has 2 aromatic carbocycles. The number of ether oxygens (including phenoxy) is 1. The lowest BCUT2D eigenvalue weighted by Crippen LogP contribution is -2.50. The number of aromatic nitrogens is 4. The Hall–Kier alpha value is -4.58. The molecule has 1 saturated carbocycles. The molecule has 1 atom stereocenters. The molecule has 1 fully saturated rings. The topological polar surface area (TPSA) is 131 Å². The third-order valence-electron chi connectivity index (χ3n) is 9.07. The summed E-state index contributed by atoms with van der Waals surface area (Å²) in [7, 11) is -2.14. The molecular formula is C35H41N7O4S. The van der Waals surface area contributed by atoms with Gasteiger partial charge in [-0.1, -0.05) is 45.0 Å². The summed E-state index contributed by atoms with van der Waals surface area (Å²) < 4.78 is 36.2. The van der Waals surface area contributed by atoms with Crippen molar-refractivity contribution < 1.29 is 17.9 Å². The number of aryl methyl sites for hydroxylation is 2. The van der Waals surface area contributed by atoms with E-state index in [1.807, 2.05) is 59.9 Å². The Morgan fingerprint density at radius 3 is 2.40 bits per heavy atom. The van der Waals surface area contributed by atoms with Crippen LogP contribution in [0.4, 0.5) is 11.8 Å². The van der Waals surface area contributed by atoms with E-state index >= 15 is 0 Å². The minimum atomic E-state index is -4.17. The molecule has 1 aliphatic carbocycles. The van der Waals surface area contributed by atoms with Crippen molar-refractivity contribution in [2.75, 3.05) is 23.3 Å². The first-order chi connectivity index (χ1) is 22.3. The third-order valence-corrected chi connectivity index (χ3v) is 10.4. The predicted octanol–water partition coefficient (Wildman–Crippen LogP) is 5.79. The summed E-state index contributed by atoms with van der Waals surface area (Å²) in [5.41, 5.74) is 3.72. The van der Waals surface area contributed by atoms with Gasteiger partial charge in [-0.2, -0.15) is 4.98 Å². The van der Waals surface area contributed by atoms with Crippen LogP contribution in [0.2, 0.25) is 0 Å². The molecule has 0 radical (unpaired) electrons. The summed E-state index contributed by atoms with van der Waals surface area (Å²) in [6.07, 6.45) is 6.84. The smallest absolute Gasteiger partial charge is 0.264 e. The van der Waals surface area contributed by atoms with Crippen LogP contribution in [0.25, 0.3) is 11.3 Å². The van der Waals surface area contributed by atoms with Crippen LogP contribution in [0.1, 0.15) is 67.2 Å². The number of hydrogen-bond acceptors (Lipinski definition) is 9. The highest BCUT2D eigenvalue weighted by atomic mass is 32.2. The van der Waals surface area contributed by atoms with Gasteiger partial charge in [0.1, 0.15) is 12.4 Å². The molecule has 246 valence electrons. The molecule has 2 aliphatic rings. The largest absolute Gasteiger partial charge is 0.475 e. The zero-order valence-corrected chi connectivity index (χ0v) is 28.5. The Balaban J connectivity index is 1.46. The number of nitrogens with zero attached hydrogens (tertiary/aromatic N) is 6. The minimum absolute atomic E-state index is 0.0812. The van der Waals surface area contributed by atoms with Crippen molar-refractivity contribution in [1.82, 2.24) is 24.8 Å². The first kappa shape index (κ1) is 32.4. The van der Waals surface area contributed by atoms with Crippen LogP contribution < -0.4 is 14.4 Å². The van der Waals surface area contributed by atoms with Crippen molar-refractivity contribution in [3.8, 4) is 17.1 Å². The van der Waals surface area contributed by atoms with Gasteiger partial charge in [0.2, 0.25) is 11.8 Å². The zero-order chi connectivity index (χ0) is 33.5. The highest BCUT2D eigenvalue weighted by Crippen LogP contribution is 2.33. The maximum atomic E-state index is 14.4. The van der Waals surface area contributed by atoms with E-state index in [0.29, 0.717) is 17.4 Å². The van der Waals surface area contributed by atoms with Gasteiger partial charge in [0.05, 0.1) is 41.3 Å². The molecule has 1 aliphatic heterocycles. The lowest BCUT2D eigenvalue weighted by Gasteiger charge is -2.40. The number of nitrogens with one attached hydrogen (secondary N) is 1. The van der Waals surface area contributed by atoms with Gasteiger partial charge in [0.25, 0.3) is 15.9 Å². The van der Waals surface area contributed by atoms with E-state index in [1.165, 1.54) is 18.6 Å². The Labute approximate surface area is 276 Å². The maximum Gasteiger partial charge on any atom is 0.264 e. The van der Waals surface area contributed by atoms with Gasteiger partial charge in [-0.3, -0.25) is 9.78 Å². The van der Waals surface area contributed by atoms with Gasteiger partial charge >= 0.3 is 0 Å². The molecule has 3 heterocycles. The molecule has 2 aromatic heterocycles. The fourth-order valence-electron chi connectivity index (χ4n) is 6.10. The van der Waals surface area contributed by atoms with E-state index < -0.39 is 21.5 Å². The van der Waals surface area contributed by atoms with E-state index in [2.05, 4.69) is 24.6 Å². The Morgan fingerprint density at radius 1 is 1.00 bits per heavy atom. The normalized spacial score (nSPS) is 18.1. The molecule has 0 saturated heterocycles. The number of fused-ring (bicyclic) bond motifs is 4. The first-order valence-electron chi connectivity index (χ1n) is 15.9. The van der Waals surface area contributed by atoms with E-state index in [9.17, 15) is 13.2 Å². The SMILES string of the molecule is Cc1cccc(C)c1-c1cc2nc(n1)NS(=O)(=O)c1cccc(c1)C(=O)N(Cc1cncc(N(C)C3CCC3)n1)[C@H](C(C)(C)C)CO2. The summed E-state index contributed by atoms with van der Waals surface area (Å²) in [4.78, 5) is 36.7. The molecule has 1 amide bonds. The molecule has 4 aromatic rings. The quantitative estimate of drug-likeness (QED) is 0.284. The molecule has 1 N–H and O–H groups in total. The molecule has 6 rings (SSSR count). The van der Waals surface area contributed by atoms with Crippen LogP contribution in [-0.2, 0) is 16.6 Å². The van der Waals surface area contributed by atoms with Gasteiger partial charge in [-0.25, -0.2) is 23.1 Å². The highest BCUT2D eigenvalue weighted by molar-refractivity contribution is 7.92. The van der Waals surface area contributed by atoms with E-state index in [4.69, 9.17) is 9.72 Å². The molecule has 47 heavy (non-hydrogen) atoms. The van der Waals surface area contributed by atoms with Crippen molar-refractivity contribution in [3.05, 3.63) is 83.3 Å². The average molecular weight is 656 g/mol. The molecule has 0 spiro atoms. The van der Waals surface area contributed by atoms with Crippen LogP contribution >= 0.6 is 0 Å². The first-order valence-corrected chi connectivity index (χ1v) is 17.3. The molecular weight excluding hydrogens is 614 g/mol. The number of benzene rings is 2. The van der Waals surface area contributed by atoms with Crippen LogP contribution in [0, 0.1) is 19.3 Å². The summed E-state index contributed by atoms with van der Waals surface area (Å²) >= 11 is 0. The van der Waals surface area contributed by atoms with Gasteiger partial charge in [-0.15, -0.1) is 0 Å². The second kappa shape index (κ2) is 12.6. The zero-order valence-electron chi connectivity index (χ0n) is 27.7. The summed E-state index contributed by atoms with van der Waals surface area (Å²) in [6.45, 7) is 10.3. The number of anilines is 2. The van der Waals surface area contributed by atoms with Crippen LogP contribution in [0.3, 0.4) is 0 Å². The van der Waals surface area contributed by atoms with Crippen molar-refractivity contribution in [2.24, 2.45) is 5.41 Å². The van der Waals surface area contributed by atoms with E-state index in [1.54, 1.807) is 35.5 Å². The lowest BCUT2D eigenvalue weighted by molar-refractivity contribution is 0.0334. The van der Waals surface area contributed by atoms with Gasteiger partial charge < -0.3 is 14.5 Å². The fourth-order valence-corrected chi connectivity index (χ4v) is 7.09. The molecule has 4 bridgehead atoms. The second-order valence-corrected chi connectivity index (χ2v) is 15.2. The van der Waals surface area contributed by atoms with Crippen molar-refractivity contribution in [1.29, 1.82) is 0 Å². The number of rotatable bonds is 5. The van der Waals surface area contributed by atoms with Gasteiger partial charge in [0, 0.05) is 30.3 Å². The minimum Gasteiger partial charge on any atom is -0.475 e. The predicted molar refractivity (Wildman–Crippen MR) is 181 cm³/mol. The lowest BCUT2D eigenvalue weighted by atomic mass is 9.85. The third kappa shape index (κ3) is 6.78.